The van der Waals surface area contributed by atoms with E-state index in [1.165, 1.54) is 42.6 Å². The molecule has 2 amide bonds. The molecule has 6 rings (SSSR count). The first-order valence-corrected chi connectivity index (χ1v) is 19.1. The summed E-state index contributed by atoms with van der Waals surface area (Å²) in [6, 6.07) is 12.0. The lowest BCUT2D eigenvalue weighted by molar-refractivity contribution is -0.605. The standard InChI is InChI=1S/C36H30Cl2F2N4O10S/c1-55(50,51)44(17-29(45)28-4-2-3-11-41-28)22-8-9-23-24(13-22)35(48)43(34(23)47)18-33(46)53-31(14-25-26(37)15-42(49)16-27(25)38)21-7-10-30(54-36(39)40)32(12-21)52-19-20-5-6-20/h2-4,7-13,15-16,20,31,36H,5-6,14,17-19H2,1H3. The number of nitrogens with zero attached hydrogens (tertiary/aromatic N) is 4. The van der Waals surface area contributed by atoms with E-state index in [9.17, 15) is 41.6 Å². The molecule has 0 N–H and O–H groups in total. The van der Waals surface area contributed by atoms with Crippen LogP contribution in [0.15, 0.2) is 73.2 Å². The Morgan fingerprint density at radius 1 is 1.02 bits per heavy atom. The number of aromatic nitrogens is 2. The molecule has 0 radical (unpaired) electrons. The van der Waals surface area contributed by atoms with Gasteiger partial charge in [-0.15, -0.1) is 0 Å². The number of amides is 2. The fourth-order valence-corrected chi connectivity index (χ4v) is 7.15. The predicted molar refractivity (Wildman–Crippen MR) is 192 cm³/mol. The van der Waals surface area contributed by atoms with Gasteiger partial charge in [0, 0.05) is 18.2 Å². The van der Waals surface area contributed by atoms with E-state index in [0.717, 1.165) is 41.9 Å². The number of imide groups is 1. The van der Waals surface area contributed by atoms with E-state index >= 15 is 0 Å². The number of fused-ring (bicyclic) bond motifs is 1. The SMILES string of the molecule is CS(=O)(=O)N(CC(=O)c1ccccn1)c1ccc2c(c1)C(=O)N(CC(=O)OC(Cc1c(Cl)c[n+]([O-])cc1Cl)c1ccc(OC(F)F)c(OCC3CC3)c1)C2=O. The third-order valence-electron chi connectivity index (χ3n) is 8.62. The fraction of sp³-hybridized carbons (Fsp3) is 0.278. The van der Waals surface area contributed by atoms with Crippen molar-refractivity contribution in [3.05, 3.63) is 116 Å². The van der Waals surface area contributed by atoms with Crippen molar-refractivity contribution in [1.29, 1.82) is 0 Å². The maximum Gasteiger partial charge on any atom is 0.387 e. The minimum absolute atomic E-state index is 0.0110. The van der Waals surface area contributed by atoms with Gasteiger partial charge in [0.15, 0.2) is 23.9 Å². The number of hydrogen-bond donors (Lipinski definition) is 0. The number of benzene rings is 2. The summed E-state index contributed by atoms with van der Waals surface area (Å²) in [6.07, 6.45) is 4.56. The van der Waals surface area contributed by atoms with Crippen molar-refractivity contribution in [1.82, 2.24) is 9.88 Å². The van der Waals surface area contributed by atoms with Crippen molar-refractivity contribution in [2.75, 3.05) is 30.3 Å². The van der Waals surface area contributed by atoms with Crippen LogP contribution in [0.3, 0.4) is 0 Å². The van der Waals surface area contributed by atoms with Crippen molar-refractivity contribution < 1.29 is 55.3 Å². The molecule has 14 nitrogen and oxygen atoms in total. The Labute approximate surface area is 322 Å². The lowest BCUT2D eigenvalue weighted by Crippen LogP contribution is -2.36. The second kappa shape index (κ2) is 16.1. The third-order valence-corrected chi connectivity index (χ3v) is 10.4. The molecule has 0 bridgehead atoms. The Morgan fingerprint density at radius 3 is 2.36 bits per heavy atom. The molecule has 1 aliphatic heterocycles. The van der Waals surface area contributed by atoms with Gasteiger partial charge >= 0.3 is 12.6 Å². The largest absolute Gasteiger partial charge is 0.619 e. The number of esters is 1. The highest BCUT2D eigenvalue weighted by atomic mass is 35.5. The molecule has 19 heteroatoms. The van der Waals surface area contributed by atoms with E-state index in [1.807, 2.05) is 0 Å². The smallest absolute Gasteiger partial charge is 0.387 e. The number of anilines is 1. The van der Waals surface area contributed by atoms with Crippen LogP contribution in [0.1, 0.15) is 61.3 Å². The quantitative estimate of drug-likeness (QED) is 0.0479. The van der Waals surface area contributed by atoms with Crippen molar-refractivity contribution in [2.24, 2.45) is 5.92 Å². The Bertz CT molecular complexity index is 2260. The van der Waals surface area contributed by atoms with E-state index < -0.39 is 59.4 Å². The fourth-order valence-electron chi connectivity index (χ4n) is 5.70. The number of halogens is 4. The van der Waals surface area contributed by atoms with Gasteiger partial charge in [-0.2, -0.15) is 13.5 Å². The van der Waals surface area contributed by atoms with E-state index in [-0.39, 0.29) is 74.1 Å². The molecule has 0 spiro atoms. The zero-order valence-electron chi connectivity index (χ0n) is 28.7. The molecule has 4 aromatic rings. The van der Waals surface area contributed by atoms with E-state index in [0.29, 0.717) is 9.63 Å². The van der Waals surface area contributed by atoms with Gasteiger partial charge in [-0.05, 0) is 66.8 Å². The Hall–Kier alpha value is -5.39. The van der Waals surface area contributed by atoms with Gasteiger partial charge < -0.3 is 19.4 Å². The zero-order chi connectivity index (χ0) is 39.6. The van der Waals surface area contributed by atoms with Gasteiger partial charge in [0.25, 0.3) is 11.8 Å². The highest BCUT2D eigenvalue weighted by Gasteiger charge is 2.39. The molecule has 1 aliphatic carbocycles. The minimum Gasteiger partial charge on any atom is -0.619 e. The second-order valence-corrected chi connectivity index (χ2v) is 15.4. The molecule has 1 fully saturated rings. The van der Waals surface area contributed by atoms with Crippen LogP contribution in [0.25, 0.3) is 0 Å². The molecule has 0 saturated heterocycles. The maximum absolute atomic E-state index is 13.6. The lowest BCUT2D eigenvalue weighted by atomic mass is 10.0. The van der Waals surface area contributed by atoms with Gasteiger partial charge in [0.2, 0.25) is 15.8 Å². The van der Waals surface area contributed by atoms with Crippen LogP contribution in [0.2, 0.25) is 10.0 Å². The average molecular weight is 820 g/mol. The molecule has 2 aromatic heterocycles. The third kappa shape index (κ3) is 9.29. The predicted octanol–water partition coefficient (Wildman–Crippen LogP) is 5.18. The zero-order valence-corrected chi connectivity index (χ0v) is 31.0. The monoisotopic (exact) mass is 818 g/mol. The van der Waals surface area contributed by atoms with Gasteiger partial charge in [0.1, 0.15) is 28.4 Å². The molecular formula is C36H30Cl2F2N4O10S. The van der Waals surface area contributed by atoms with Gasteiger partial charge in [0.05, 0.1) is 36.2 Å². The summed E-state index contributed by atoms with van der Waals surface area (Å²) < 4.78 is 69.3. The van der Waals surface area contributed by atoms with Gasteiger partial charge in [-0.1, -0.05) is 35.3 Å². The van der Waals surface area contributed by atoms with Crippen LogP contribution in [-0.4, -0.2) is 74.4 Å². The van der Waals surface area contributed by atoms with Crippen LogP contribution in [0.4, 0.5) is 14.5 Å². The first-order chi connectivity index (χ1) is 26.1. The molecule has 1 saturated carbocycles. The highest BCUT2D eigenvalue weighted by Crippen LogP contribution is 2.38. The second-order valence-electron chi connectivity index (χ2n) is 12.6. The van der Waals surface area contributed by atoms with Crippen LogP contribution in [-0.2, 0) is 26.0 Å². The lowest BCUT2D eigenvalue weighted by Gasteiger charge is -2.22. The van der Waals surface area contributed by atoms with Crippen LogP contribution in [0.5, 0.6) is 11.5 Å². The number of alkyl halides is 2. The molecule has 2 aromatic carbocycles. The number of ether oxygens (including phenoxy) is 3. The molecule has 288 valence electrons. The summed E-state index contributed by atoms with van der Waals surface area (Å²) in [5.41, 5.74) is -0.0512. The highest BCUT2D eigenvalue weighted by molar-refractivity contribution is 7.92. The normalized spacial score (nSPS) is 14.5. The van der Waals surface area contributed by atoms with Crippen LogP contribution >= 0.6 is 23.2 Å². The number of Topliss-reactive ketones (excluding diaryl/α,β-unsaturated/α-hetero) is 1. The van der Waals surface area contributed by atoms with E-state index in [2.05, 4.69) is 9.72 Å². The number of ketones is 1. The molecule has 55 heavy (non-hydrogen) atoms. The van der Waals surface area contributed by atoms with Gasteiger partial charge in [-0.3, -0.25) is 33.4 Å². The first-order valence-electron chi connectivity index (χ1n) is 16.5. The Balaban J connectivity index is 1.25. The van der Waals surface area contributed by atoms with Gasteiger partial charge in [-0.25, -0.2) is 8.42 Å². The summed E-state index contributed by atoms with van der Waals surface area (Å²) in [7, 11) is -4.08. The van der Waals surface area contributed by atoms with E-state index in [1.54, 1.807) is 12.1 Å². The summed E-state index contributed by atoms with van der Waals surface area (Å²) in [5, 5.41) is 11.8. The van der Waals surface area contributed by atoms with Crippen molar-refractivity contribution in [2.45, 2.75) is 32.0 Å². The molecule has 3 heterocycles. The average Bonchev–Trinajstić information content (AvgIpc) is 3.93. The molecule has 2 aliphatic rings. The summed E-state index contributed by atoms with van der Waals surface area (Å²) in [6.45, 7) is -4.50. The molecule has 1 atom stereocenters. The number of pyridine rings is 2. The summed E-state index contributed by atoms with van der Waals surface area (Å²) >= 11 is 12.6. The van der Waals surface area contributed by atoms with Crippen molar-refractivity contribution in [3.8, 4) is 11.5 Å². The van der Waals surface area contributed by atoms with Crippen LogP contribution in [0, 0.1) is 11.1 Å². The summed E-state index contributed by atoms with van der Waals surface area (Å²) in [4.78, 5) is 57.9. The number of rotatable bonds is 16. The Kier molecular flexibility index (Phi) is 11.5. The molecular weight excluding hydrogens is 789 g/mol. The number of carbonyl (C=O) groups excluding carboxylic acids is 4. The number of hydrogen-bond acceptors (Lipinski definition) is 11. The first kappa shape index (κ1) is 39.3. The van der Waals surface area contributed by atoms with Crippen molar-refractivity contribution >= 4 is 62.5 Å². The molecule has 1 unspecified atom stereocenters. The maximum atomic E-state index is 13.6. The van der Waals surface area contributed by atoms with Crippen LogP contribution < -0.4 is 18.5 Å². The number of sulfonamides is 1. The van der Waals surface area contributed by atoms with Crippen molar-refractivity contribution in [3.63, 3.8) is 0 Å². The van der Waals surface area contributed by atoms with E-state index in [4.69, 9.17) is 32.7 Å². The minimum atomic E-state index is -4.08. The number of carbonyl (C=O) groups is 4. The summed E-state index contributed by atoms with van der Waals surface area (Å²) in [5.74, 6) is -3.64. The Morgan fingerprint density at radius 2 is 1.73 bits per heavy atom. The topological polar surface area (TPSA) is 176 Å².